The number of fused-ring (bicyclic) bond motifs is 1. The minimum Gasteiger partial charge on any atom is -0.623 e. The molecule has 2 aliphatic rings. The van der Waals surface area contributed by atoms with Crippen LogP contribution in [0.1, 0.15) is 33.9 Å². The summed E-state index contributed by atoms with van der Waals surface area (Å²) in [7, 11) is 0. The number of aromatic nitrogens is 6. The van der Waals surface area contributed by atoms with Crippen molar-refractivity contribution < 1.29 is 19.7 Å². The molecule has 3 unspecified atom stereocenters. The van der Waals surface area contributed by atoms with Crippen molar-refractivity contribution in [2.24, 2.45) is 5.92 Å². The first-order chi connectivity index (χ1) is 17.3. The summed E-state index contributed by atoms with van der Waals surface area (Å²) in [6, 6.07) is 7.67. The lowest BCUT2D eigenvalue weighted by Crippen LogP contribution is -2.46. The van der Waals surface area contributed by atoms with E-state index >= 15 is 0 Å². The molecule has 3 atom stereocenters. The van der Waals surface area contributed by atoms with E-state index in [0.29, 0.717) is 45.3 Å². The lowest BCUT2D eigenvalue weighted by atomic mass is 9.88. The van der Waals surface area contributed by atoms with Gasteiger partial charge in [0.25, 0.3) is 0 Å². The molecule has 0 saturated heterocycles. The first kappa shape index (κ1) is 22.6. The van der Waals surface area contributed by atoms with E-state index in [4.69, 9.17) is 11.6 Å². The van der Waals surface area contributed by atoms with Gasteiger partial charge in [-0.1, -0.05) is 17.7 Å². The summed E-state index contributed by atoms with van der Waals surface area (Å²) in [6.45, 7) is 0. The highest BCUT2D eigenvalue weighted by molar-refractivity contribution is 7.17. The molecule has 0 bridgehead atoms. The smallest absolute Gasteiger partial charge is 0.345 e. The molecule has 3 N–H and O–H groups in total. The molecule has 4 heterocycles. The van der Waals surface area contributed by atoms with Crippen molar-refractivity contribution in [3.05, 3.63) is 75.4 Å². The molecule has 0 radical (unpaired) electrons. The van der Waals surface area contributed by atoms with E-state index in [1.54, 1.807) is 30.5 Å². The zero-order valence-corrected chi connectivity index (χ0v) is 20.0. The molecule has 3 aromatic heterocycles. The normalized spacial score (nSPS) is 23.3. The van der Waals surface area contributed by atoms with Gasteiger partial charge < -0.3 is 20.4 Å². The molecule has 1 aliphatic carbocycles. The number of carboxylic acid groups (broad SMARTS) is 1. The average Bonchev–Trinajstić information content (AvgIpc) is 3.65. The molecule has 0 amide bonds. The molecule has 4 aromatic rings. The second-order valence-electron chi connectivity index (χ2n) is 8.71. The SMILES string of the molecule is O=C(O)c1ccc(-c2cnc(C3(O)CCC4C=C(c5cc(Cl)ccc5-n5cnnn5)C=[N+]([O-])C43)[nH]2)s1. The molecular formula is C23H18ClN7O4S. The summed E-state index contributed by atoms with van der Waals surface area (Å²) >= 11 is 7.37. The van der Waals surface area contributed by atoms with Crippen LogP contribution in [0.15, 0.2) is 48.9 Å². The maximum Gasteiger partial charge on any atom is 0.345 e. The predicted molar refractivity (Wildman–Crippen MR) is 131 cm³/mol. The van der Waals surface area contributed by atoms with E-state index in [1.807, 2.05) is 6.08 Å². The molecule has 13 heteroatoms. The van der Waals surface area contributed by atoms with Crippen molar-refractivity contribution in [1.82, 2.24) is 30.2 Å². The third kappa shape index (κ3) is 3.61. The fourth-order valence-electron chi connectivity index (χ4n) is 5.00. The van der Waals surface area contributed by atoms with Crippen LogP contribution in [0.5, 0.6) is 0 Å². The molecule has 1 saturated carbocycles. The molecule has 0 spiro atoms. The fourth-order valence-corrected chi connectivity index (χ4v) is 5.99. The predicted octanol–water partition coefficient (Wildman–Crippen LogP) is 3.11. The van der Waals surface area contributed by atoms with E-state index in [-0.39, 0.29) is 16.6 Å². The summed E-state index contributed by atoms with van der Waals surface area (Å²) in [5.41, 5.74) is 1.08. The Kier molecular flexibility index (Phi) is 5.25. The highest BCUT2D eigenvalue weighted by atomic mass is 35.5. The zero-order valence-electron chi connectivity index (χ0n) is 18.4. The van der Waals surface area contributed by atoms with Crippen LogP contribution in [0.2, 0.25) is 5.02 Å². The first-order valence-corrected chi connectivity index (χ1v) is 12.2. The Labute approximate surface area is 212 Å². The van der Waals surface area contributed by atoms with E-state index < -0.39 is 17.6 Å². The summed E-state index contributed by atoms with van der Waals surface area (Å²) < 4.78 is 2.28. The van der Waals surface area contributed by atoms with Crippen LogP contribution >= 0.6 is 22.9 Å². The summed E-state index contributed by atoms with van der Waals surface area (Å²) in [5.74, 6) is -0.978. The standard InChI is InChI=1S/C23H18ClN7O4S/c24-14-1-2-17(30-11-26-28-29-30)15(8-14)13-7-12-5-6-23(34,20(12)31(35)10-13)22-25-9-16(27-22)18-3-4-19(36-18)21(32)33/h1-4,7-12,20,34H,5-6H2,(H,25,27)(H,32,33). The zero-order chi connectivity index (χ0) is 25.0. The Morgan fingerprint density at radius 1 is 1.33 bits per heavy atom. The van der Waals surface area contributed by atoms with Crippen LogP contribution < -0.4 is 0 Å². The number of allylic oxidation sites excluding steroid dienone is 1. The first-order valence-electron chi connectivity index (χ1n) is 11.0. The van der Waals surface area contributed by atoms with Crippen LogP contribution in [0.4, 0.5) is 0 Å². The Hall–Kier alpha value is -3.87. The molecule has 1 fully saturated rings. The topological polar surface area (TPSA) is 156 Å². The lowest BCUT2D eigenvalue weighted by Gasteiger charge is -2.31. The maximum atomic E-state index is 13.4. The number of hydroxylamine groups is 1. The van der Waals surface area contributed by atoms with Crippen LogP contribution in [0, 0.1) is 11.1 Å². The molecule has 1 aromatic carbocycles. The fraction of sp³-hybridized carbons (Fsp3) is 0.217. The lowest BCUT2D eigenvalue weighted by molar-refractivity contribution is -0.526. The third-order valence-corrected chi connectivity index (χ3v) is 7.96. The minimum absolute atomic E-state index is 0.202. The van der Waals surface area contributed by atoms with Crippen LogP contribution in [0.3, 0.4) is 0 Å². The number of hydrogen-bond acceptors (Lipinski definition) is 8. The van der Waals surface area contributed by atoms with Gasteiger partial charge in [-0.2, -0.15) is 4.68 Å². The Balaban J connectivity index is 1.34. The number of thiophene rings is 1. The number of benzene rings is 1. The quantitative estimate of drug-likeness (QED) is 0.266. The van der Waals surface area contributed by atoms with Crippen LogP contribution in [-0.2, 0) is 5.60 Å². The Morgan fingerprint density at radius 3 is 2.94 bits per heavy atom. The van der Waals surface area contributed by atoms with Crippen molar-refractivity contribution >= 4 is 40.7 Å². The number of carboxylic acids is 1. The number of aromatic amines is 1. The van der Waals surface area contributed by atoms with Gasteiger partial charge >= 0.3 is 5.97 Å². The van der Waals surface area contributed by atoms with Gasteiger partial charge in [-0.25, -0.2) is 14.5 Å². The summed E-state index contributed by atoms with van der Waals surface area (Å²) in [5, 5.41) is 46.0. The molecule has 6 rings (SSSR count). The number of carbonyl (C=O) groups is 1. The van der Waals surface area contributed by atoms with Crippen molar-refractivity contribution in [3.8, 4) is 16.3 Å². The number of aromatic carboxylic acids is 1. The van der Waals surface area contributed by atoms with Gasteiger partial charge in [-0.3, -0.25) is 0 Å². The van der Waals surface area contributed by atoms with Crippen molar-refractivity contribution in [1.29, 1.82) is 0 Å². The average molecular weight is 524 g/mol. The van der Waals surface area contributed by atoms with E-state index in [1.165, 1.54) is 23.3 Å². The molecule has 182 valence electrons. The third-order valence-electron chi connectivity index (χ3n) is 6.62. The van der Waals surface area contributed by atoms with Gasteiger partial charge in [-0.15, -0.1) is 16.4 Å². The van der Waals surface area contributed by atoms with Gasteiger partial charge in [0.1, 0.15) is 17.0 Å². The second kappa shape index (κ2) is 8.36. The molecule has 1 aliphatic heterocycles. The number of halogens is 1. The highest BCUT2D eigenvalue weighted by Crippen LogP contribution is 2.46. The van der Waals surface area contributed by atoms with E-state index in [2.05, 4.69) is 25.5 Å². The van der Waals surface area contributed by atoms with Crippen molar-refractivity contribution in [3.63, 3.8) is 0 Å². The largest absolute Gasteiger partial charge is 0.623 e. The Bertz CT molecular complexity index is 1540. The number of rotatable bonds is 5. The molecular weight excluding hydrogens is 506 g/mol. The van der Waals surface area contributed by atoms with Gasteiger partial charge in [0.2, 0.25) is 6.04 Å². The number of nitrogens with one attached hydrogen (secondary N) is 1. The number of nitrogens with zero attached hydrogens (tertiary/aromatic N) is 6. The van der Waals surface area contributed by atoms with E-state index in [0.717, 1.165) is 16.1 Å². The Morgan fingerprint density at radius 2 is 2.19 bits per heavy atom. The van der Waals surface area contributed by atoms with Gasteiger partial charge in [0.05, 0.1) is 22.5 Å². The summed E-state index contributed by atoms with van der Waals surface area (Å²) in [6.07, 6.45) is 7.31. The molecule has 11 nitrogen and oxygen atoms in total. The van der Waals surface area contributed by atoms with Gasteiger partial charge in [-0.05, 0) is 53.6 Å². The van der Waals surface area contributed by atoms with Crippen molar-refractivity contribution in [2.45, 2.75) is 24.5 Å². The number of tetrazole rings is 1. The second-order valence-corrected chi connectivity index (χ2v) is 10.2. The molecule has 36 heavy (non-hydrogen) atoms. The highest BCUT2D eigenvalue weighted by Gasteiger charge is 2.56. The minimum atomic E-state index is -1.51. The van der Waals surface area contributed by atoms with Crippen LogP contribution in [0.25, 0.3) is 21.8 Å². The maximum absolute atomic E-state index is 13.4. The number of H-pyrrole nitrogens is 1. The number of aliphatic hydroxyl groups is 1. The number of hydrogen-bond donors (Lipinski definition) is 3. The van der Waals surface area contributed by atoms with Gasteiger partial charge in [0, 0.05) is 22.1 Å². The van der Waals surface area contributed by atoms with E-state index in [9.17, 15) is 20.2 Å². The van der Waals surface area contributed by atoms with Gasteiger partial charge in [0.15, 0.2) is 11.8 Å². The van der Waals surface area contributed by atoms with Crippen LogP contribution in [-0.4, -0.2) is 63.4 Å². The van der Waals surface area contributed by atoms with Crippen molar-refractivity contribution in [2.75, 3.05) is 0 Å². The monoisotopic (exact) mass is 523 g/mol. The number of imidazole rings is 1. The summed E-state index contributed by atoms with van der Waals surface area (Å²) in [4.78, 5) is 19.6.